The minimum Gasteiger partial charge on any atom is -0.377 e. The van der Waals surface area contributed by atoms with Gasteiger partial charge in [0.15, 0.2) is 5.78 Å². The fourth-order valence-electron chi connectivity index (χ4n) is 2.04. The molecule has 34 heavy (non-hydrogen) atoms. The summed E-state index contributed by atoms with van der Waals surface area (Å²) in [6.45, 7) is 19.8. The van der Waals surface area contributed by atoms with E-state index in [-0.39, 0.29) is 21.8 Å². The Hall–Kier alpha value is -2.44. The molecule has 0 radical (unpaired) electrons. The predicted molar refractivity (Wildman–Crippen MR) is 149 cm³/mol. The van der Waals surface area contributed by atoms with Crippen molar-refractivity contribution in [2.45, 2.75) is 79.6 Å². The highest BCUT2D eigenvalue weighted by molar-refractivity contribution is 7.81. The summed E-state index contributed by atoms with van der Waals surface area (Å²) in [5.41, 5.74) is 3.03. The van der Waals surface area contributed by atoms with Crippen LogP contribution in [0.4, 0.5) is 5.69 Å². The van der Waals surface area contributed by atoms with Crippen LogP contribution in [0.1, 0.15) is 79.6 Å². The minimum absolute atomic E-state index is 0.0244. The number of ketones is 1. The molecule has 0 saturated heterocycles. The van der Waals surface area contributed by atoms with E-state index in [1.807, 2.05) is 86.6 Å². The lowest BCUT2D eigenvalue weighted by Gasteiger charge is -2.36. The Labute approximate surface area is 212 Å². The zero-order chi connectivity index (χ0) is 27.1. The minimum atomic E-state index is -0.483. The van der Waals surface area contributed by atoms with Crippen molar-refractivity contribution in [1.82, 2.24) is 0 Å². The van der Waals surface area contributed by atoms with Crippen LogP contribution in [0.15, 0.2) is 71.4 Å². The SMILES string of the molecule is CC.COC(C)(C)C(C)(C)S.C\C=C/C=C(C)\C(C)=C\C=C(/C)C(=O)c1ccc([N+](=O)[O-])cc1. The smallest absolute Gasteiger partial charge is 0.269 e. The molecule has 1 aromatic carbocycles. The van der Waals surface area contributed by atoms with Gasteiger partial charge in [-0.25, -0.2) is 0 Å². The van der Waals surface area contributed by atoms with E-state index in [1.54, 1.807) is 20.1 Å². The number of nitro benzene ring substituents is 1. The number of ether oxygens (including phenoxy) is 1. The predicted octanol–water partition coefficient (Wildman–Crippen LogP) is 8.34. The number of benzene rings is 1. The lowest BCUT2D eigenvalue weighted by atomic mass is 9.93. The van der Waals surface area contributed by atoms with Crippen LogP contribution in [-0.2, 0) is 4.74 Å². The van der Waals surface area contributed by atoms with E-state index in [9.17, 15) is 14.9 Å². The van der Waals surface area contributed by atoms with Crippen molar-refractivity contribution < 1.29 is 14.5 Å². The molecule has 1 rings (SSSR count). The first-order valence-electron chi connectivity index (χ1n) is 11.4. The molecule has 0 aliphatic carbocycles. The van der Waals surface area contributed by atoms with E-state index in [1.165, 1.54) is 24.3 Å². The maximum absolute atomic E-state index is 12.3. The molecule has 0 atom stereocenters. The molecule has 0 amide bonds. The number of carbonyl (C=O) groups is 1. The lowest BCUT2D eigenvalue weighted by molar-refractivity contribution is -0.384. The zero-order valence-corrected chi connectivity index (χ0v) is 23.6. The molecule has 6 heteroatoms. The summed E-state index contributed by atoms with van der Waals surface area (Å²) in [6.07, 6.45) is 9.59. The van der Waals surface area contributed by atoms with Crippen molar-refractivity contribution in [3.05, 3.63) is 87.0 Å². The third-order valence-electron chi connectivity index (χ3n) is 5.43. The van der Waals surface area contributed by atoms with E-state index >= 15 is 0 Å². The summed E-state index contributed by atoms with van der Waals surface area (Å²) in [6, 6.07) is 5.63. The lowest BCUT2D eigenvalue weighted by Crippen LogP contribution is -2.42. The number of allylic oxidation sites excluding steroid dienone is 8. The number of nitro groups is 1. The Morgan fingerprint density at radius 1 is 0.941 bits per heavy atom. The number of Topliss-reactive ketones (excluding diaryl/α,β-unsaturated/α-hetero) is 1. The number of hydrogen-bond donors (Lipinski definition) is 1. The van der Waals surface area contributed by atoms with Crippen molar-refractivity contribution >= 4 is 24.1 Å². The third kappa shape index (κ3) is 12.1. The monoisotopic (exact) mass is 489 g/mol. The van der Waals surface area contributed by atoms with Gasteiger partial charge in [-0.3, -0.25) is 14.9 Å². The average Bonchev–Trinajstić information content (AvgIpc) is 2.81. The third-order valence-corrected chi connectivity index (χ3v) is 5.96. The van der Waals surface area contributed by atoms with E-state index in [0.29, 0.717) is 11.1 Å². The summed E-state index contributed by atoms with van der Waals surface area (Å²) < 4.78 is 5.14. The summed E-state index contributed by atoms with van der Waals surface area (Å²) in [7, 11) is 1.71. The fraction of sp³-hybridized carbons (Fsp3) is 0.464. The highest BCUT2D eigenvalue weighted by Crippen LogP contribution is 2.29. The second-order valence-corrected chi connectivity index (χ2v) is 9.60. The number of rotatable bonds is 8. The second-order valence-electron chi connectivity index (χ2n) is 8.48. The fourth-order valence-corrected chi connectivity index (χ4v) is 2.13. The van der Waals surface area contributed by atoms with Crippen molar-refractivity contribution in [2.24, 2.45) is 0 Å². The van der Waals surface area contributed by atoms with Crippen LogP contribution in [0.3, 0.4) is 0 Å². The van der Waals surface area contributed by atoms with Crippen molar-refractivity contribution in [3.63, 3.8) is 0 Å². The summed E-state index contributed by atoms with van der Waals surface area (Å²) in [5, 5.41) is 10.6. The number of non-ortho nitro benzene ring substituents is 1. The Balaban J connectivity index is 0. The highest BCUT2D eigenvalue weighted by Gasteiger charge is 2.33. The molecule has 5 nitrogen and oxygen atoms in total. The Morgan fingerprint density at radius 2 is 1.38 bits per heavy atom. The van der Waals surface area contributed by atoms with Crippen LogP contribution in [-0.4, -0.2) is 28.2 Å². The van der Waals surface area contributed by atoms with Gasteiger partial charge in [0, 0.05) is 29.6 Å². The first-order chi connectivity index (χ1) is 15.7. The van der Waals surface area contributed by atoms with Crippen molar-refractivity contribution in [1.29, 1.82) is 0 Å². The molecule has 0 aromatic heterocycles. The van der Waals surface area contributed by atoms with Gasteiger partial charge in [0.2, 0.25) is 0 Å². The molecule has 0 spiro atoms. The van der Waals surface area contributed by atoms with Gasteiger partial charge in [-0.05, 0) is 84.2 Å². The molecule has 1 aromatic rings. The standard InChI is InChI=1S/C19H21NO3.C7H16OS.C2H6/c1-5-6-7-14(2)15(3)8-9-16(4)19(21)17-10-12-18(13-11-17)20(22)23;1-6(2,8-5)7(3,4)9;1-2/h5-13H,1-4H3;9H,1-5H3;1-2H3/b6-5-,14-7-,15-8+,16-9+;;. The maximum Gasteiger partial charge on any atom is 0.269 e. The van der Waals surface area contributed by atoms with Crippen LogP contribution in [0.2, 0.25) is 0 Å². The Kier molecular flexibility index (Phi) is 16.1. The molecule has 0 saturated carbocycles. The first-order valence-corrected chi connectivity index (χ1v) is 11.8. The van der Waals surface area contributed by atoms with Gasteiger partial charge in [0.05, 0.1) is 10.5 Å². The van der Waals surface area contributed by atoms with Gasteiger partial charge in [-0.2, -0.15) is 12.6 Å². The van der Waals surface area contributed by atoms with Crippen LogP contribution < -0.4 is 0 Å². The molecule has 0 heterocycles. The van der Waals surface area contributed by atoms with E-state index in [0.717, 1.165) is 11.1 Å². The Bertz CT molecular complexity index is 899. The highest BCUT2D eigenvalue weighted by atomic mass is 32.1. The molecular weight excluding hydrogens is 446 g/mol. The van der Waals surface area contributed by atoms with E-state index in [4.69, 9.17) is 4.74 Å². The normalized spacial score (nSPS) is 13.0. The van der Waals surface area contributed by atoms with Gasteiger partial charge in [-0.1, -0.05) is 44.2 Å². The van der Waals surface area contributed by atoms with Gasteiger partial charge < -0.3 is 4.74 Å². The molecule has 0 aliphatic rings. The van der Waals surface area contributed by atoms with Gasteiger partial charge in [0.25, 0.3) is 5.69 Å². The quantitative estimate of drug-likeness (QED) is 0.0995. The second kappa shape index (κ2) is 16.2. The van der Waals surface area contributed by atoms with E-state index < -0.39 is 4.92 Å². The number of nitrogens with zero attached hydrogens (tertiary/aromatic N) is 1. The van der Waals surface area contributed by atoms with Gasteiger partial charge in [-0.15, -0.1) is 0 Å². The van der Waals surface area contributed by atoms with Crippen LogP contribution >= 0.6 is 12.6 Å². The average molecular weight is 490 g/mol. The molecule has 0 bridgehead atoms. The molecule has 0 N–H and O–H groups in total. The molecule has 190 valence electrons. The zero-order valence-electron chi connectivity index (χ0n) is 22.7. The number of hydrogen-bond acceptors (Lipinski definition) is 5. The topological polar surface area (TPSA) is 69.4 Å². The van der Waals surface area contributed by atoms with Gasteiger partial charge in [0.1, 0.15) is 0 Å². The van der Waals surface area contributed by atoms with Crippen molar-refractivity contribution in [3.8, 4) is 0 Å². The molecule has 0 aliphatic heterocycles. The molecule has 0 fully saturated rings. The number of carbonyl (C=O) groups excluding carboxylic acids is 1. The Morgan fingerprint density at radius 3 is 1.74 bits per heavy atom. The van der Waals surface area contributed by atoms with E-state index in [2.05, 4.69) is 12.6 Å². The number of methoxy groups -OCH3 is 1. The maximum atomic E-state index is 12.3. The summed E-state index contributed by atoms with van der Waals surface area (Å²) in [4.78, 5) is 22.4. The largest absolute Gasteiger partial charge is 0.377 e. The van der Waals surface area contributed by atoms with Crippen LogP contribution in [0, 0.1) is 10.1 Å². The van der Waals surface area contributed by atoms with Gasteiger partial charge >= 0.3 is 0 Å². The molecular formula is C28H43NO4S. The van der Waals surface area contributed by atoms with Crippen LogP contribution in [0.5, 0.6) is 0 Å². The molecule has 0 unspecified atom stereocenters. The van der Waals surface area contributed by atoms with Crippen molar-refractivity contribution in [2.75, 3.05) is 7.11 Å². The summed E-state index contributed by atoms with van der Waals surface area (Å²) in [5.74, 6) is -0.140. The number of thiol groups is 1. The summed E-state index contributed by atoms with van der Waals surface area (Å²) >= 11 is 4.39. The first kappa shape index (κ1) is 33.7. The van der Waals surface area contributed by atoms with Crippen LogP contribution in [0.25, 0.3) is 0 Å².